The first-order valence-corrected chi connectivity index (χ1v) is 5.80. The van der Waals surface area contributed by atoms with Crippen molar-refractivity contribution in [1.29, 1.82) is 0 Å². The minimum absolute atomic E-state index is 0.0300. The van der Waals surface area contributed by atoms with E-state index in [9.17, 15) is 4.79 Å². The van der Waals surface area contributed by atoms with Gasteiger partial charge in [0.1, 0.15) is 0 Å². The van der Waals surface area contributed by atoms with Crippen molar-refractivity contribution >= 4 is 6.03 Å². The molecule has 0 saturated carbocycles. The number of hydrogen-bond donors (Lipinski definition) is 1. The molecular weight excluding hydrogens is 192 g/mol. The maximum Gasteiger partial charge on any atom is 0.317 e. The lowest BCUT2D eigenvalue weighted by molar-refractivity contribution is 0.0458. The third kappa shape index (κ3) is 4.51. The molecule has 1 atom stereocenters. The molecule has 1 rings (SSSR count). The van der Waals surface area contributed by atoms with Crippen LogP contribution in [0.1, 0.15) is 26.2 Å². The molecule has 1 N–H and O–H groups in total. The van der Waals surface area contributed by atoms with Crippen LogP contribution in [0.4, 0.5) is 4.79 Å². The number of nitrogens with zero attached hydrogens (tertiary/aromatic N) is 1. The lowest BCUT2D eigenvalue weighted by Crippen LogP contribution is -2.41. The molecular formula is C11H22N2O2. The van der Waals surface area contributed by atoms with Gasteiger partial charge in [-0.15, -0.1) is 0 Å². The normalized spacial score (nSPS) is 21.1. The summed E-state index contributed by atoms with van der Waals surface area (Å²) in [7, 11) is 1.85. The highest BCUT2D eigenvalue weighted by atomic mass is 16.5. The third-order valence-electron chi connectivity index (χ3n) is 2.66. The molecule has 4 heteroatoms. The van der Waals surface area contributed by atoms with Crippen molar-refractivity contribution in [2.45, 2.75) is 26.2 Å². The summed E-state index contributed by atoms with van der Waals surface area (Å²) in [5, 5.41) is 2.87. The van der Waals surface area contributed by atoms with Crippen molar-refractivity contribution in [2.24, 2.45) is 5.92 Å². The van der Waals surface area contributed by atoms with E-state index in [1.54, 1.807) is 4.90 Å². The van der Waals surface area contributed by atoms with E-state index in [1.165, 1.54) is 6.42 Å². The van der Waals surface area contributed by atoms with Gasteiger partial charge < -0.3 is 15.0 Å². The van der Waals surface area contributed by atoms with Crippen LogP contribution in [0.25, 0.3) is 0 Å². The van der Waals surface area contributed by atoms with Gasteiger partial charge in [-0.3, -0.25) is 0 Å². The van der Waals surface area contributed by atoms with E-state index >= 15 is 0 Å². The van der Waals surface area contributed by atoms with Crippen molar-refractivity contribution in [3.8, 4) is 0 Å². The molecule has 2 amide bonds. The maximum absolute atomic E-state index is 11.5. The van der Waals surface area contributed by atoms with Crippen molar-refractivity contribution in [1.82, 2.24) is 10.2 Å². The van der Waals surface area contributed by atoms with Crippen molar-refractivity contribution < 1.29 is 9.53 Å². The Kier molecular flexibility index (Phi) is 5.47. The molecule has 1 unspecified atom stereocenters. The van der Waals surface area contributed by atoms with E-state index < -0.39 is 0 Å². The van der Waals surface area contributed by atoms with Crippen molar-refractivity contribution in [3.05, 3.63) is 0 Å². The molecule has 88 valence electrons. The van der Waals surface area contributed by atoms with Crippen LogP contribution in [0.5, 0.6) is 0 Å². The molecule has 15 heavy (non-hydrogen) atoms. The predicted molar refractivity (Wildman–Crippen MR) is 59.9 cm³/mol. The minimum atomic E-state index is 0.0300. The van der Waals surface area contributed by atoms with Crippen LogP contribution in [0.15, 0.2) is 0 Å². The van der Waals surface area contributed by atoms with Crippen molar-refractivity contribution in [3.63, 3.8) is 0 Å². The minimum Gasteiger partial charge on any atom is -0.381 e. The van der Waals surface area contributed by atoms with Gasteiger partial charge in [-0.25, -0.2) is 4.79 Å². The third-order valence-corrected chi connectivity index (χ3v) is 2.66. The Labute approximate surface area is 92.0 Å². The van der Waals surface area contributed by atoms with Crippen LogP contribution in [0.3, 0.4) is 0 Å². The number of carbonyl (C=O) groups excluding carboxylic acids is 1. The zero-order valence-electron chi connectivity index (χ0n) is 9.79. The van der Waals surface area contributed by atoms with Gasteiger partial charge in [0, 0.05) is 32.7 Å². The van der Waals surface area contributed by atoms with Gasteiger partial charge in [-0.1, -0.05) is 6.92 Å². The number of rotatable bonds is 4. The quantitative estimate of drug-likeness (QED) is 0.770. The number of hydrogen-bond acceptors (Lipinski definition) is 2. The van der Waals surface area contributed by atoms with E-state index in [0.29, 0.717) is 5.92 Å². The molecule has 1 saturated heterocycles. The first kappa shape index (κ1) is 12.3. The largest absolute Gasteiger partial charge is 0.381 e. The molecule has 1 aliphatic rings. The number of carbonyl (C=O) groups is 1. The highest BCUT2D eigenvalue weighted by Crippen LogP contribution is 2.14. The molecule has 0 spiro atoms. The standard InChI is InChI=1S/C11H22N2O2/c1-3-6-12-11(14)13(2)8-10-5-4-7-15-9-10/h10H,3-9H2,1-2H3,(H,12,14). The second-order valence-corrected chi connectivity index (χ2v) is 4.20. The fourth-order valence-corrected chi connectivity index (χ4v) is 1.79. The van der Waals surface area contributed by atoms with Gasteiger partial charge in [0.2, 0.25) is 0 Å². The van der Waals surface area contributed by atoms with Crippen LogP contribution < -0.4 is 5.32 Å². The van der Waals surface area contributed by atoms with E-state index in [0.717, 1.165) is 39.1 Å². The molecule has 1 heterocycles. The fourth-order valence-electron chi connectivity index (χ4n) is 1.79. The molecule has 4 nitrogen and oxygen atoms in total. The summed E-state index contributed by atoms with van der Waals surface area (Å²) in [6, 6.07) is 0.0300. The summed E-state index contributed by atoms with van der Waals surface area (Å²) >= 11 is 0. The molecule has 1 fully saturated rings. The van der Waals surface area contributed by atoms with Gasteiger partial charge in [0.25, 0.3) is 0 Å². The van der Waals surface area contributed by atoms with Crippen LogP contribution in [0.2, 0.25) is 0 Å². The topological polar surface area (TPSA) is 41.6 Å². The molecule has 0 aromatic carbocycles. The first-order valence-electron chi connectivity index (χ1n) is 5.80. The molecule has 0 aliphatic carbocycles. The average molecular weight is 214 g/mol. The highest BCUT2D eigenvalue weighted by molar-refractivity contribution is 5.73. The van der Waals surface area contributed by atoms with Crippen LogP contribution >= 0.6 is 0 Å². The van der Waals surface area contributed by atoms with E-state index in [2.05, 4.69) is 12.2 Å². The Morgan fingerprint density at radius 1 is 1.60 bits per heavy atom. The van der Waals surface area contributed by atoms with Gasteiger partial charge in [0.05, 0.1) is 6.61 Å². The first-order chi connectivity index (χ1) is 7.24. The Morgan fingerprint density at radius 2 is 2.40 bits per heavy atom. The molecule has 1 aliphatic heterocycles. The molecule has 0 aromatic rings. The summed E-state index contributed by atoms with van der Waals surface area (Å²) in [6.07, 6.45) is 3.27. The van der Waals surface area contributed by atoms with Crippen molar-refractivity contribution in [2.75, 3.05) is 33.4 Å². The Balaban J connectivity index is 2.20. The smallest absolute Gasteiger partial charge is 0.317 e. The van der Waals surface area contributed by atoms with E-state index in [-0.39, 0.29) is 6.03 Å². The number of amides is 2. The van der Waals surface area contributed by atoms with Gasteiger partial charge >= 0.3 is 6.03 Å². The summed E-state index contributed by atoms with van der Waals surface area (Å²) in [6.45, 7) is 5.28. The second-order valence-electron chi connectivity index (χ2n) is 4.20. The van der Waals surface area contributed by atoms with Gasteiger partial charge in [0.15, 0.2) is 0 Å². The van der Waals surface area contributed by atoms with Crippen LogP contribution in [-0.4, -0.2) is 44.3 Å². The highest BCUT2D eigenvalue weighted by Gasteiger charge is 2.18. The zero-order chi connectivity index (χ0) is 11.1. The van der Waals surface area contributed by atoms with Crippen LogP contribution in [0, 0.1) is 5.92 Å². The maximum atomic E-state index is 11.5. The Morgan fingerprint density at radius 3 is 3.00 bits per heavy atom. The summed E-state index contributed by atoms with van der Waals surface area (Å²) in [5.74, 6) is 0.510. The lowest BCUT2D eigenvalue weighted by Gasteiger charge is -2.27. The Hall–Kier alpha value is -0.770. The molecule has 0 radical (unpaired) electrons. The van der Waals surface area contributed by atoms with Gasteiger partial charge in [-0.2, -0.15) is 0 Å². The second kappa shape index (κ2) is 6.67. The predicted octanol–water partition coefficient (Wildman–Crippen LogP) is 1.46. The van der Waals surface area contributed by atoms with Crippen LogP contribution in [-0.2, 0) is 4.74 Å². The summed E-state index contributed by atoms with van der Waals surface area (Å²) < 4.78 is 5.39. The number of urea groups is 1. The monoisotopic (exact) mass is 214 g/mol. The van der Waals surface area contributed by atoms with E-state index in [4.69, 9.17) is 4.74 Å². The Bertz CT molecular complexity index is 191. The SMILES string of the molecule is CCCNC(=O)N(C)CC1CCCOC1. The number of ether oxygens (including phenoxy) is 1. The zero-order valence-corrected chi connectivity index (χ0v) is 9.79. The summed E-state index contributed by atoms with van der Waals surface area (Å²) in [4.78, 5) is 13.3. The molecule has 0 aromatic heterocycles. The van der Waals surface area contributed by atoms with Gasteiger partial charge in [-0.05, 0) is 19.3 Å². The summed E-state index contributed by atoms with van der Waals surface area (Å²) in [5.41, 5.74) is 0. The van der Waals surface area contributed by atoms with E-state index in [1.807, 2.05) is 7.05 Å². The number of nitrogens with one attached hydrogen (secondary N) is 1. The lowest BCUT2D eigenvalue weighted by atomic mass is 10.0. The molecule has 0 bridgehead atoms. The average Bonchev–Trinajstić information content (AvgIpc) is 2.27. The fraction of sp³-hybridized carbons (Fsp3) is 0.909.